The van der Waals surface area contributed by atoms with E-state index in [2.05, 4.69) is 9.97 Å². The number of nitrogens with one attached hydrogen (secondary N) is 1. The maximum absolute atomic E-state index is 11.4. The molecule has 7 heteroatoms. The molecule has 0 fully saturated rings. The fraction of sp³-hybridized carbons (Fsp3) is 0.333. The topological polar surface area (TPSA) is 96.5 Å². The van der Waals surface area contributed by atoms with Gasteiger partial charge in [-0.1, -0.05) is 0 Å². The van der Waals surface area contributed by atoms with Crippen molar-refractivity contribution >= 4 is 11.2 Å². The van der Waals surface area contributed by atoms with E-state index >= 15 is 0 Å². The Morgan fingerprint density at radius 3 is 2.50 bits per heavy atom. The van der Waals surface area contributed by atoms with E-state index in [-0.39, 0.29) is 11.2 Å². The summed E-state index contributed by atoms with van der Waals surface area (Å²) in [5, 5.41) is 7.32. The number of hydrogen-bond donors (Lipinski definition) is 1. The lowest BCUT2D eigenvalue weighted by atomic mass is 10.5. The highest BCUT2D eigenvalue weighted by molar-refractivity contribution is 5.68. The molecule has 16 heavy (non-hydrogen) atoms. The van der Waals surface area contributed by atoms with Gasteiger partial charge in [0.25, 0.3) is 5.56 Å². The summed E-state index contributed by atoms with van der Waals surface area (Å²) in [7, 11) is 3.01. The number of H-pyrrole nitrogens is 1. The number of fused-ring (bicyclic) bond motifs is 1. The Hall–Kier alpha value is -2.36. The van der Waals surface area contributed by atoms with Gasteiger partial charge in [-0.15, -0.1) is 0 Å². The van der Waals surface area contributed by atoms with Crippen molar-refractivity contribution in [3.63, 3.8) is 0 Å². The fourth-order valence-corrected chi connectivity index (χ4v) is 1.27. The summed E-state index contributed by atoms with van der Waals surface area (Å²) in [6.45, 7) is 1.43. The van der Waals surface area contributed by atoms with Crippen molar-refractivity contribution in [2.75, 3.05) is 0 Å². The Morgan fingerprint density at radius 1 is 1.38 bits per heavy atom. The molecule has 0 spiro atoms. The van der Waals surface area contributed by atoms with Crippen LogP contribution < -0.4 is 11.2 Å². The van der Waals surface area contributed by atoms with Crippen LogP contribution in [0.1, 0.15) is 6.92 Å². The second kappa shape index (κ2) is 4.44. The number of aryl methyl sites for hydroxylation is 1. The molecule has 0 radical (unpaired) electrons. The molecule has 2 rings (SSSR count). The van der Waals surface area contributed by atoms with E-state index in [0.717, 1.165) is 4.57 Å². The van der Waals surface area contributed by atoms with Crippen LogP contribution in [0.3, 0.4) is 0 Å². The molecule has 0 aliphatic rings. The normalized spacial score (nSPS) is 9.38. The summed E-state index contributed by atoms with van der Waals surface area (Å²) in [5.74, 6) is 0. The van der Waals surface area contributed by atoms with Gasteiger partial charge < -0.3 is 4.98 Å². The fourth-order valence-electron chi connectivity index (χ4n) is 1.27. The Bertz CT molecular complexity index is 655. The molecule has 0 saturated heterocycles. The number of imidazole rings is 1. The van der Waals surface area contributed by atoms with Crippen LogP contribution in [0.4, 0.5) is 0 Å². The van der Waals surface area contributed by atoms with Crippen molar-refractivity contribution in [3.05, 3.63) is 27.2 Å². The van der Waals surface area contributed by atoms with E-state index in [1.54, 1.807) is 13.1 Å². The first-order chi connectivity index (χ1) is 7.54. The lowest BCUT2D eigenvalue weighted by Gasteiger charge is -2.00. The van der Waals surface area contributed by atoms with Crippen LogP contribution in [0, 0.1) is 11.3 Å². The van der Waals surface area contributed by atoms with Crippen molar-refractivity contribution in [1.82, 2.24) is 19.1 Å². The minimum atomic E-state index is -0.371. The molecule has 1 N–H and O–H groups in total. The van der Waals surface area contributed by atoms with E-state index in [1.165, 1.54) is 24.9 Å². The van der Waals surface area contributed by atoms with Crippen LogP contribution in [-0.2, 0) is 14.1 Å². The average Bonchev–Trinajstić information content (AvgIpc) is 2.73. The van der Waals surface area contributed by atoms with Gasteiger partial charge in [0, 0.05) is 21.0 Å². The third-order valence-electron chi connectivity index (χ3n) is 2.03. The van der Waals surface area contributed by atoms with E-state index in [9.17, 15) is 9.59 Å². The van der Waals surface area contributed by atoms with Crippen molar-refractivity contribution in [1.29, 1.82) is 5.26 Å². The number of hydrogen-bond acceptors (Lipinski definition) is 4. The third kappa shape index (κ3) is 1.72. The zero-order chi connectivity index (χ0) is 12.3. The van der Waals surface area contributed by atoms with Crippen LogP contribution in [0.15, 0.2) is 15.9 Å². The highest BCUT2D eigenvalue weighted by Gasteiger charge is 2.08. The molecule has 7 nitrogen and oxygen atoms in total. The maximum atomic E-state index is 11.4. The second-order valence-electron chi connectivity index (χ2n) is 3.03. The van der Waals surface area contributed by atoms with Crippen LogP contribution in [-0.4, -0.2) is 19.1 Å². The first kappa shape index (κ1) is 11.7. The van der Waals surface area contributed by atoms with Crippen molar-refractivity contribution < 1.29 is 0 Å². The molecule has 0 aliphatic carbocycles. The van der Waals surface area contributed by atoms with Crippen LogP contribution in [0.2, 0.25) is 0 Å². The van der Waals surface area contributed by atoms with Gasteiger partial charge in [0.1, 0.15) is 5.52 Å². The summed E-state index contributed by atoms with van der Waals surface area (Å²) in [6, 6.07) is 1.75. The highest BCUT2D eigenvalue weighted by Crippen LogP contribution is 1.97. The number of aromatic nitrogens is 4. The predicted molar refractivity (Wildman–Crippen MR) is 57.9 cm³/mol. The summed E-state index contributed by atoms with van der Waals surface area (Å²) in [6.07, 6.45) is 1.39. The molecular formula is C9H11N5O2. The molecule has 0 amide bonds. The van der Waals surface area contributed by atoms with Crippen molar-refractivity contribution in [2.24, 2.45) is 14.1 Å². The predicted octanol–water partition coefficient (Wildman–Crippen LogP) is -0.510. The summed E-state index contributed by atoms with van der Waals surface area (Å²) < 4.78 is 2.37. The first-order valence-corrected chi connectivity index (χ1v) is 4.44. The average molecular weight is 221 g/mol. The first-order valence-electron chi connectivity index (χ1n) is 4.44. The molecular weight excluding hydrogens is 210 g/mol. The third-order valence-corrected chi connectivity index (χ3v) is 2.03. The monoisotopic (exact) mass is 221 g/mol. The SMILES string of the molecule is CC#N.Cn1c(=O)c2[nH]cnc2n(C)c1=O. The number of nitrogens with zero attached hydrogens (tertiary/aromatic N) is 4. The molecule has 84 valence electrons. The van der Waals surface area contributed by atoms with Gasteiger partial charge in [0.05, 0.1) is 12.4 Å². The number of aromatic amines is 1. The summed E-state index contributed by atoms with van der Waals surface area (Å²) in [5.41, 5.74) is 0.0119. The zero-order valence-electron chi connectivity index (χ0n) is 9.18. The minimum absolute atomic E-state index is 0.351. The Morgan fingerprint density at radius 2 is 1.94 bits per heavy atom. The lowest BCUT2D eigenvalue weighted by Crippen LogP contribution is -2.36. The molecule has 2 aromatic heterocycles. The van der Waals surface area contributed by atoms with Crippen molar-refractivity contribution in [2.45, 2.75) is 6.92 Å². The van der Waals surface area contributed by atoms with Crippen molar-refractivity contribution in [3.8, 4) is 6.07 Å². The zero-order valence-corrected chi connectivity index (χ0v) is 9.18. The molecule has 0 bridgehead atoms. The van der Waals surface area contributed by atoms with Gasteiger partial charge in [-0.3, -0.25) is 13.9 Å². The molecule has 0 atom stereocenters. The quantitative estimate of drug-likeness (QED) is 0.648. The van der Waals surface area contributed by atoms with Crippen LogP contribution in [0.25, 0.3) is 11.2 Å². The van der Waals surface area contributed by atoms with Gasteiger partial charge in [0.2, 0.25) is 0 Å². The molecule has 0 saturated carbocycles. The Balaban J connectivity index is 0.000000386. The van der Waals surface area contributed by atoms with Gasteiger partial charge in [-0.05, 0) is 0 Å². The summed E-state index contributed by atoms with van der Waals surface area (Å²) >= 11 is 0. The van der Waals surface area contributed by atoms with Crippen LogP contribution >= 0.6 is 0 Å². The molecule has 0 aromatic carbocycles. The highest BCUT2D eigenvalue weighted by atomic mass is 16.2. The van der Waals surface area contributed by atoms with E-state index in [4.69, 9.17) is 5.26 Å². The largest absolute Gasteiger partial charge is 0.339 e. The molecule has 0 aliphatic heterocycles. The number of nitriles is 1. The molecule has 2 heterocycles. The van der Waals surface area contributed by atoms with Gasteiger partial charge >= 0.3 is 5.69 Å². The van der Waals surface area contributed by atoms with E-state index < -0.39 is 0 Å². The van der Waals surface area contributed by atoms with Gasteiger partial charge in [0.15, 0.2) is 5.65 Å². The smallest absolute Gasteiger partial charge is 0.332 e. The standard InChI is InChI=1S/C7H8N4O2.C2H3N/c1-10-5-4(8-3-9-5)6(12)11(2)7(10)13;1-2-3/h3H,1-2H3,(H,8,9);1H3. The maximum Gasteiger partial charge on any atom is 0.332 e. The van der Waals surface area contributed by atoms with E-state index in [0.29, 0.717) is 11.2 Å². The van der Waals surface area contributed by atoms with Gasteiger partial charge in [-0.2, -0.15) is 5.26 Å². The Kier molecular flexibility index (Phi) is 3.25. The van der Waals surface area contributed by atoms with Crippen LogP contribution in [0.5, 0.6) is 0 Å². The summed E-state index contributed by atoms with van der Waals surface area (Å²) in [4.78, 5) is 29.4. The number of rotatable bonds is 0. The molecule has 0 unspecified atom stereocenters. The Labute approximate surface area is 90.6 Å². The second-order valence-corrected chi connectivity index (χ2v) is 3.03. The van der Waals surface area contributed by atoms with Gasteiger partial charge in [-0.25, -0.2) is 9.78 Å². The lowest BCUT2D eigenvalue weighted by molar-refractivity contribution is 0.709. The molecule has 2 aromatic rings. The minimum Gasteiger partial charge on any atom is -0.339 e. The van der Waals surface area contributed by atoms with E-state index in [1.807, 2.05) is 0 Å².